The van der Waals surface area contributed by atoms with Gasteiger partial charge in [0.15, 0.2) is 5.17 Å². The summed E-state index contributed by atoms with van der Waals surface area (Å²) in [5.41, 5.74) is 1.02. The van der Waals surface area contributed by atoms with E-state index in [-0.39, 0.29) is 5.97 Å². The number of amidine groups is 1. The molecule has 0 aromatic heterocycles. The monoisotopic (exact) mass is 212 g/mol. The lowest BCUT2D eigenvalue weighted by Crippen LogP contribution is -2.20. The van der Waals surface area contributed by atoms with Crippen molar-refractivity contribution in [2.75, 3.05) is 25.4 Å². The molecule has 0 aromatic carbocycles. The fraction of sp³-hybridized carbons (Fsp3) is 0.556. The van der Waals surface area contributed by atoms with Crippen molar-refractivity contribution in [1.82, 2.24) is 4.90 Å². The van der Waals surface area contributed by atoms with Gasteiger partial charge < -0.3 is 9.64 Å². The summed E-state index contributed by atoms with van der Waals surface area (Å²) in [4.78, 5) is 17.6. The number of rotatable bonds is 2. The number of fused-ring (bicyclic) bond motifs is 1. The van der Waals surface area contributed by atoms with Gasteiger partial charge in [-0.3, -0.25) is 4.99 Å². The van der Waals surface area contributed by atoms with Crippen molar-refractivity contribution in [2.24, 2.45) is 4.99 Å². The van der Waals surface area contributed by atoms with Crippen LogP contribution in [0.1, 0.15) is 6.92 Å². The van der Waals surface area contributed by atoms with E-state index in [2.05, 4.69) is 9.89 Å². The highest BCUT2D eigenvalue weighted by Gasteiger charge is 2.28. The van der Waals surface area contributed by atoms with E-state index in [0.717, 1.165) is 29.7 Å². The number of ether oxygens (including phenoxy) is 1. The van der Waals surface area contributed by atoms with Crippen LogP contribution in [-0.2, 0) is 9.53 Å². The highest BCUT2D eigenvalue weighted by Crippen LogP contribution is 2.29. The molecule has 2 aliphatic heterocycles. The van der Waals surface area contributed by atoms with Crippen LogP contribution in [0.5, 0.6) is 0 Å². The van der Waals surface area contributed by atoms with Crippen LogP contribution in [0.2, 0.25) is 0 Å². The molecule has 0 aromatic rings. The Bertz CT molecular complexity index is 312. The average molecular weight is 212 g/mol. The van der Waals surface area contributed by atoms with Gasteiger partial charge in [-0.15, -0.1) is 0 Å². The third kappa shape index (κ3) is 1.77. The van der Waals surface area contributed by atoms with Crippen molar-refractivity contribution in [1.29, 1.82) is 0 Å². The molecule has 0 N–H and O–H groups in total. The fourth-order valence-electron chi connectivity index (χ4n) is 1.47. The predicted octanol–water partition coefficient (Wildman–Crippen LogP) is 0.852. The predicted molar refractivity (Wildman–Crippen MR) is 56.2 cm³/mol. The van der Waals surface area contributed by atoms with Crippen molar-refractivity contribution in [3.63, 3.8) is 0 Å². The zero-order chi connectivity index (χ0) is 9.97. The first-order chi connectivity index (χ1) is 6.81. The summed E-state index contributed by atoms with van der Waals surface area (Å²) >= 11 is 1.68. The topological polar surface area (TPSA) is 41.9 Å². The van der Waals surface area contributed by atoms with Gasteiger partial charge in [0.25, 0.3) is 0 Å². The molecule has 0 unspecified atom stereocenters. The van der Waals surface area contributed by atoms with Crippen molar-refractivity contribution in [3.05, 3.63) is 11.8 Å². The molecular formula is C9H12N2O2S. The van der Waals surface area contributed by atoms with Crippen molar-refractivity contribution in [2.45, 2.75) is 6.92 Å². The van der Waals surface area contributed by atoms with Gasteiger partial charge >= 0.3 is 5.97 Å². The number of hydrogen-bond acceptors (Lipinski definition) is 5. The maximum atomic E-state index is 11.2. The highest BCUT2D eigenvalue weighted by molar-refractivity contribution is 8.14. The molecule has 2 rings (SSSR count). The molecular weight excluding hydrogens is 200 g/mol. The summed E-state index contributed by atoms with van der Waals surface area (Å²) in [5.74, 6) is 0.578. The van der Waals surface area contributed by atoms with Crippen LogP contribution >= 0.6 is 11.8 Å². The third-order valence-electron chi connectivity index (χ3n) is 2.07. The van der Waals surface area contributed by atoms with Crippen LogP contribution in [-0.4, -0.2) is 41.5 Å². The second kappa shape index (κ2) is 4.04. The molecule has 76 valence electrons. The van der Waals surface area contributed by atoms with Crippen LogP contribution in [0, 0.1) is 0 Å². The third-order valence-corrected chi connectivity index (χ3v) is 3.12. The normalized spacial score (nSPS) is 22.5. The highest BCUT2D eigenvalue weighted by atomic mass is 32.2. The summed E-state index contributed by atoms with van der Waals surface area (Å²) in [6, 6.07) is 0. The Kier molecular flexibility index (Phi) is 2.77. The average Bonchev–Trinajstić information content (AvgIpc) is 2.70. The molecule has 2 heterocycles. The van der Waals surface area contributed by atoms with Crippen molar-refractivity contribution >= 4 is 22.9 Å². The van der Waals surface area contributed by atoms with Crippen LogP contribution in [0.15, 0.2) is 16.8 Å². The fourth-order valence-corrected chi connectivity index (χ4v) is 2.54. The van der Waals surface area contributed by atoms with E-state index in [9.17, 15) is 4.79 Å². The molecule has 0 bridgehead atoms. The van der Waals surface area contributed by atoms with Crippen molar-refractivity contribution in [3.8, 4) is 0 Å². The number of esters is 1. The van der Waals surface area contributed by atoms with Gasteiger partial charge in [0.1, 0.15) is 0 Å². The largest absolute Gasteiger partial charge is 0.463 e. The molecule has 5 heteroatoms. The summed E-state index contributed by atoms with van der Waals surface area (Å²) in [5, 5.41) is 1.04. The van der Waals surface area contributed by atoms with Crippen LogP contribution < -0.4 is 0 Å². The summed E-state index contributed by atoms with van der Waals surface area (Å²) in [6.07, 6.45) is 1.57. The van der Waals surface area contributed by atoms with Gasteiger partial charge in [0, 0.05) is 24.1 Å². The van der Waals surface area contributed by atoms with Crippen LogP contribution in [0.3, 0.4) is 0 Å². The number of carbonyl (C=O) groups is 1. The lowest BCUT2D eigenvalue weighted by Gasteiger charge is -2.12. The first-order valence-corrected chi connectivity index (χ1v) is 5.62. The molecule has 0 spiro atoms. The quantitative estimate of drug-likeness (QED) is 0.503. The minimum absolute atomic E-state index is 0.253. The lowest BCUT2D eigenvalue weighted by molar-refractivity contribution is -0.137. The Morgan fingerprint density at radius 3 is 3.43 bits per heavy atom. The van der Waals surface area contributed by atoms with Crippen molar-refractivity contribution < 1.29 is 9.53 Å². The number of carbonyl (C=O) groups excluding carboxylic acids is 1. The summed E-state index contributed by atoms with van der Waals surface area (Å²) in [7, 11) is 0. The zero-order valence-corrected chi connectivity index (χ0v) is 8.84. The molecule has 0 aliphatic carbocycles. The molecule has 14 heavy (non-hydrogen) atoms. The Morgan fingerprint density at radius 2 is 2.64 bits per heavy atom. The van der Waals surface area contributed by atoms with E-state index in [1.165, 1.54) is 0 Å². The zero-order valence-electron chi connectivity index (χ0n) is 8.02. The summed E-state index contributed by atoms with van der Waals surface area (Å²) < 4.78 is 4.86. The molecule has 1 fully saturated rings. The minimum atomic E-state index is -0.253. The van der Waals surface area contributed by atoms with Crippen LogP contribution in [0.4, 0.5) is 0 Å². The van der Waals surface area contributed by atoms with Gasteiger partial charge in [-0.2, -0.15) is 0 Å². The molecule has 0 amide bonds. The van der Waals surface area contributed by atoms with Gasteiger partial charge in [-0.1, -0.05) is 11.8 Å². The second-order valence-electron chi connectivity index (χ2n) is 2.99. The van der Waals surface area contributed by atoms with E-state index >= 15 is 0 Å². The number of hydrogen-bond donors (Lipinski definition) is 0. The van der Waals surface area contributed by atoms with E-state index in [4.69, 9.17) is 4.74 Å². The SMILES string of the molecule is CCOC(=O)/C=C1\CSC2=NCCN21. The summed E-state index contributed by atoms with van der Waals surface area (Å²) in [6.45, 7) is 3.97. The maximum absolute atomic E-state index is 11.2. The Balaban J connectivity index is 2.05. The Morgan fingerprint density at radius 1 is 1.79 bits per heavy atom. The molecule has 1 saturated heterocycles. The number of aliphatic imine (C=N–C) groups is 1. The number of thioether (sulfide) groups is 1. The molecule has 0 atom stereocenters. The smallest absolute Gasteiger partial charge is 0.332 e. The molecule has 2 aliphatic rings. The first kappa shape index (κ1) is 9.58. The Hall–Kier alpha value is -0.970. The van der Waals surface area contributed by atoms with Gasteiger partial charge in [-0.05, 0) is 6.92 Å². The maximum Gasteiger partial charge on any atom is 0.332 e. The van der Waals surface area contributed by atoms with E-state index in [1.54, 1.807) is 17.8 Å². The standard InChI is InChI=1S/C9H12N2O2S/c1-2-13-8(12)5-7-6-14-9-10-3-4-11(7)9/h5H,2-4,6H2,1H3/b7-5+. The first-order valence-electron chi connectivity index (χ1n) is 4.63. The van der Waals surface area contributed by atoms with Gasteiger partial charge in [0.05, 0.1) is 13.2 Å². The van der Waals surface area contributed by atoms with Gasteiger partial charge in [0.2, 0.25) is 0 Å². The minimum Gasteiger partial charge on any atom is -0.463 e. The number of nitrogens with zero attached hydrogens (tertiary/aromatic N) is 2. The van der Waals surface area contributed by atoms with Crippen LogP contribution in [0.25, 0.3) is 0 Å². The van der Waals surface area contributed by atoms with E-state index in [0.29, 0.717) is 6.61 Å². The van der Waals surface area contributed by atoms with E-state index in [1.807, 2.05) is 6.92 Å². The lowest BCUT2D eigenvalue weighted by atomic mass is 10.4. The van der Waals surface area contributed by atoms with Gasteiger partial charge in [-0.25, -0.2) is 4.79 Å². The van der Waals surface area contributed by atoms with E-state index < -0.39 is 0 Å². The molecule has 4 nitrogen and oxygen atoms in total. The molecule has 0 saturated carbocycles. The second-order valence-corrected chi connectivity index (χ2v) is 3.93. The molecule has 0 radical (unpaired) electrons. The Labute approximate surface area is 87.0 Å².